The molecule has 0 saturated carbocycles. The summed E-state index contributed by atoms with van der Waals surface area (Å²) in [5.41, 5.74) is 2.26. The predicted molar refractivity (Wildman–Crippen MR) is 76.9 cm³/mol. The molecule has 6 heteroatoms. The lowest BCUT2D eigenvalue weighted by molar-refractivity contribution is 0.0591. The molecule has 21 heavy (non-hydrogen) atoms. The highest BCUT2D eigenvalue weighted by Crippen LogP contribution is 2.26. The number of nitrogens with one attached hydrogen (secondary N) is 1. The SMILES string of the molecule is COC(=O)c1nnn(Cc2ccccc2)c1C1CCCN1. The summed E-state index contributed by atoms with van der Waals surface area (Å²) in [7, 11) is 1.37. The van der Waals surface area contributed by atoms with Gasteiger partial charge in [-0.3, -0.25) is 0 Å². The minimum Gasteiger partial charge on any atom is -0.464 e. The van der Waals surface area contributed by atoms with Crippen LogP contribution in [-0.4, -0.2) is 34.6 Å². The highest BCUT2D eigenvalue weighted by molar-refractivity contribution is 5.88. The summed E-state index contributed by atoms with van der Waals surface area (Å²) in [6.45, 7) is 1.54. The zero-order valence-electron chi connectivity index (χ0n) is 12.0. The first kappa shape index (κ1) is 13.8. The van der Waals surface area contributed by atoms with E-state index in [1.807, 2.05) is 30.3 Å². The summed E-state index contributed by atoms with van der Waals surface area (Å²) in [5.74, 6) is -0.432. The van der Waals surface area contributed by atoms with Gasteiger partial charge in [-0.05, 0) is 24.9 Å². The molecular formula is C15H18N4O2. The number of ether oxygens (including phenoxy) is 1. The monoisotopic (exact) mass is 286 g/mol. The van der Waals surface area contributed by atoms with Crippen LogP contribution in [0, 0.1) is 0 Å². The van der Waals surface area contributed by atoms with Crippen LogP contribution in [0.15, 0.2) is 30.3 Å². The van der Waals surface area contributed by atoms with E-state index in [1.165, 1.54) is 7.11 Å². The van der Waals surface area contributed by atoms with Crippen molar-refractivity contribution in [3.63, 3.8) is 0 Å². The van der Waals surface area contributed by atoms with Crippen molar-refractivity contribution in [2.45, 2.75) is 25.4 Å². The fourth-order valence-corrected chi connectivity index (χ4v) is 2.70. The van der Waals surface area contributed by atoms with Crippen molar-refractivity contribution in [1.29, 1.82) is 0 Å². The first-order valence-corrected chi connectivity index (χ1v) is 7.08. The number of carbonyl (C=O) groups excluding carboxylic acids is 1. The molecule has 110 valence electrons. The van der Waals surface area contributed by atoms with Crippen LogP contribution >= 0.6 is 0 Å². The Morgan fingerprint density at radius 1 is 1.43 bits per heavy atom. The summed E-state index contributed by atoms with van der Waals surface area (Å²) in [6, 6.07) is 10.1. The summed E-state index contributed by atoms with van der Waals surface area (Å²) in [6.07, 6.45) is 2.06. The number of esters is 1. The van der Waals surface area contributed by atoms with E-state index in [0.29, 0.717) is 12.2 Å². The topological polar surface area (TPSA) is 69.0 Å². The van der Waals surface area contributed by atoms with Gasteiger partial charge >= 0.3 is 5.97 Å². The number of methoxy groups -OCH3 is 1. The Hall–Kier alpha value is -2.21. The van der Waals surface area contributed by atoms with E-state index in [-0.39, 0.29) is 6.04 Å². The zero-order valence-corrected chi connectivity index (χ0v) is 12.0. The first-order chi connectivity index (χ1) is 10.3. The van der Waals surface area contributed by atoms with Crippen LogP contribution in [-0.2, 0) is 11.3 Å². The molecule has 1 fully saturated rings. The van der Waals surface area contributed by atoms with Gasteiger partial charge in [0, 0.05) is 0 Å². The number of nitrogens with zero attached hydrogens (tertiary/aromatic N) is 3. The molecule has 1 N–H and O–H groups in total. The number of aromatic nitrogens is 3. The van der Waals surface area contributed by atoms with Crippen LogP contribution in [0.3, 0.4) is 0 Å². The number of carbonyl (C=O) groups is 1. The lowest BCUT2D eigenvalue weighted by Crippen LogP contribution is -2.21. The molecule has 0 radical (unpaired) electrons. The Balaban J connectivity index is 1.95. The number of rotatable bonds is 4. The third kappa shape index (κ3) is 2.80. The Morgan fingerprint density at radius 2 is 2.24 bits per heavy atom. The summed E-state index contributed by atoms with van der Waals surface area (Å²) in [4.78, 5) is 11.9. The molecule has 0 aliphatic carbocycles. The third-order valence-corrected chi connectivity index (χ3v) is 3.72. The maximum absolute atomic E-state index is 11.9. The molecule has 1 atom stereocenters. The van der Waals surface area contributed by atoms with E-state index in [0.717, 1.165) is 30.6 Å². The lowest BCUT2D eigenvalue weighted by atomic mass is 10.1. The van der Waals surface area contributed by atoms with E-state index in [2.05, 4.69) is 15.6 Å². The lowest BCUT2D eigenvalue weighted by Gasteiger charge is -2.14. The molecule has 1 unspecified atom stereocenters. The highest BCUT2D eigenvalue weighted by atomic mass is 16.5. The predicted octanol–water partition coefficient (Wildman–Crippen LogP) is 1.54. The minimum absolute atomic E-state index is 0.109. The molecule has 0 bridgehead atoms. The van der Waals surface area contributed by atoms with Crippen molar-refractivity contribution in [2.75, 3.05) is 13.7 Å². The summed E-state index contributed by atoms with van der Waals surface area (Å²) < 4.78 is 6.61. The largest absolute Gasteiger partial charge is 0.464 e. The molecule has 1 aliphatic heterocycles. The van der Waals surface area contributed by atoms with Gasteiger partial charge in [0.05, 0.1) is 25.4 Å². The van der Waals surface area contributed by atoms with E-state index in [1.54, 1.807) is 4.68 Å². The second-order valence-electron chi connectivity index (χ2n) is 5.11. The standard InChI is InChI=1S/C15H18N4O2/c1-21-15(20)13-14(12-8-5-9-16-12)19(18-17-13)10-11-6-3-2-4-7-11/h2-4,6-7,12,16H,5,8-10H2,1H3. The molecule has 1 aromatic carbocycles. The van der Waals surface area contributed by atoms with Crippen molar-refractivity contribution < 1.29 is 9.53 Å². The molecule has 1 saturated heterocycles. The molecule has 1 aliphatic rings. The van der Waals surface area contributed by atoms with Crippen molar-refractivity contribution in [2.24, 2.45) is 0 Å². The van der Waals surface area contributed by atoms with Crippen molar-refractivity contribution in [1.82, 2.24) is 20.3 Å². The van der Waals surface area contributed by atoms with Gasteiger partial charge in [0.25, 0.3) is 0 Å². The molecule has 3 rings (SSSR count). The minimum atomic E-state index is -0.432. The first-order valence-electron chi connectivity index (χ1n) is 7.08. The van der Waals surface area contributed by atoms with Crippen molar-refractivity contribution in [3.05, 3.63) is 47.3 Å². The van der Waals surface area contributed by atoms with Gasteiger partial charge in [-0.25, -0.2) is 9.48 Å². The maximum Gasteiger partial charge on any atom is 0.360 e. The fourth-order valence-electron chi connectivity index (χ4n) is 2.70. The van der Waals surface area contributed by atoms with Crippen LogP contribution < -0.4 is 5.32 Å². The average molecular weight is 286 g/mol. The second kappa shape index (κ2) is 6.05. The maximum atomic E-state index is 11.9. The molecule has 6 nitrogen and oxygen atoms in total. The summed E-state index contributed by atoms with van der Waals surface area (Å²) in [5, 5.41) is 11.6. The molecule has 0 amide bonds. The van der Waals surface area contributed by atoms with Gasteiger partial charge in [-0.15, -0.1) is 5.10 Å². The zero-order chi connectivity index (χ0) is 14.7. The van der Waals surface area contributed by atoms with Crippen molar-refractivity contribution >= 4 is 5.97 Å². The normalized spacial score (nSPS) is 17.9. The molecule has 2 heterocycles. The van der Waals surface area contributed by atoms with Gasteiger partial charge < -0.3 is 10.1 Å². The number of hydrogen-bond donors (Lipinski definition) is 1. The Morgan fingerprint density at radius 3 is 2.90 bits per heavy atom. The van der Waals surface area contributed by atoms with Crippen LogP contribution in [0.25, 0.3) is 0 Å². The van der Waals surface area contributed by atoms with E-state index >= 15 is 0 Å². The van der Waals surface area contributed by atoms with Gasteiger partial charge in [-0.1, -0.05) is 35.5 Å². The molecule has 1 aromatic heterocycles. The Kier molecular flexibility index (Phi) is 3.96. The average Bonchev–Trinajstić information content (AvgIpc) is 3.16. The molecule has 0 spiro atoms. The van der Waals surface area contributed by atoms with Crippen LogP contribution in [0.1, 0.15) is 40.6 Å². The smallest absolute Gasteiger partial charge is 0.360 e. The van der Waals surface area contributed by atoms with Crippen molar-refractivity contribution in [3.8, 4) is 0 Å². The van der Waals surface area contributed by atoms with E-state index in [4.69, 9.17) is 4.74 Å². The highest BCUT2D eigenvalue weighted by Gasteiger charge is 2.29. The molecular weight excluding hydrogens is 268 g/mol. The van der Waals surface area contributed by atoms with E-state index < -0.39 is 5.97 Å². The van der Waals surface area contributed by atoms with Gasteiger partial charge in [0.15, 0.2) is 5.69 Å². The second-order valence-corrected chi connectivity index (χ2v) is 5.11. The number of benzene rings is 1. The molecule has 2 aromatic rings. The summed E-state index contributed by atoms with van der Waals surface area (Å²) >= 11 is 0. The van der Waals surface area contributed by atoms with Crippen LogP contribution in [0.2, 0.25) is 0 Å². The van der Waals surface area contributed by atoms with Crippen LogP contribution in [0.5, 0.6) is 0 Å². The fraction of sp³-hybridized carbons (Fsp3) is 0.400. The van der Waals surface area contributed by atoms with Gasteiger partial charge in [-0.2, -0.15) is 0 Å². The quantitative estimate of drug-likeness (QED) is 0.863. The Bertz CT molecular complexity index is 618. The van der Waals surface area contributed by atoms with E-state index in [9.17, 15) is 4.79 Å². The van der Waals surface area contributed by atoms with Gasteiger partial charge in [0.2, 0.25) is 0 Å². The third-order valence-electron chi connectivity index (χ3n) is 3.72. The van der Waals surface area contributed by atoms with Crippen LogP contribution in [0.4, 0.5) is 0 Å². The Labute approximate surface area is 123 Å². The number of hydrogen-bond acceptors (Lipinski definition) is 5. The van der Waals surface area contributed by atoms with Gasteiger partial charge in [0.1, 0.15) is 0 Å².